The van der Waals surface area contributed by atoms with Gasteiger partial charge < -0.3 is 0 Å². The maximum absolute atomic E-state index is 3.96. The molecule has 0 radical (unpaired) electrons. The van der Waals surface area contributed by atoms with Gasteiger partial charge in [-0.15, -0.1) is 0 Å². The van der Waals surface area contributed by atoms with Gasteiger partial charge >= 0.3 is 0 Å². The molecule has 54 valence electrons. The van der Waals surface area contributed by atoms with E-state index in [0.29, 0.717) is 0 Å². The van der Waals surface area contributed by atoms with E-state index in [2.05, 4.69) is 11.6 Å². The van der Waals surface area contributed by atoms with E-state index in [0.717, 1.165) is 5.71 Å². The van der Waals surface area contributed by atoms with E-state index in [1.165, 1.54) is 0 Å². The van der Waals surface area contributed by atoms with Crippen LogP contribution in [0.4, 0.5) is 0 Å². The van der Waals surface area contributed by atoms with Crippen molar-refractivity contribution < 1.29 is 0 Å². The van der Waals surface area contributed by atoms with Gasteiger partial charge in [-0.2, -0.15) is 0 Å². The van der Waals surface area contributed by atoms with E-state index in [1.54, 1.807) is 13.1 Å². The second-order valence-electron chi connectivity index (χ2n) is 1.74. The van der Waals surface area contributed by atoms with Crippen LogP contribution in [0.25, 0.3) is 0 Å². The first-order chi connectivity index (χ1) is 4.85. The van der Waals surface area contributed by atoms with Crippen molar-refractivity contribution in [1.29, 1.82) is 0 Å². The Balaban J connectivity index is 3.98. The van der Waals surface area contributed by atoms with Crippen molar-refractivity contribution in [2.45, 2.75) is 6.92 Å². The van der Waals surface area contributed by atoms with Gasteiger partial charge in [-0.05, 0) is 19.1 Å². The van der Waals surface area contributed by atoms with Gasteiger partial charge in [-0.1, -0.05) is 24.8 Å². The van der Waals surface area contributed by atoms with Crippen molar-refractivity contribution >= 4 is 5.71 Å². The van der Waals surface area contributed by atoms with Crippen LogP contribution in [0.5, 0.6) is 0 Å². The molecule has 0 heterocycles. The second kappa shape index (κ2) is 6.02. The summed E-state index contributed by atoms with van der Waals surface area (Å²) in [6.07, 6.45) is 9.48. The van der Waals surface area contributed by atoms with Crippen LogP contribution < -0.4 is 0 Å². The first kappa shape index (κ1) is 8.89. The highest BCUT2D eigenvalue weighted by Crippen LogP contribution is 1.83. The van der Waals surface area contributed by atoms with Crippen LogP contribution >= 0.6 is 0 Å². The second-order valence-corrected chi connectivity index (χ2v) is 1.74. The summed E-state index contributed by atoms with van der Waals surface area (Å²) in [5, 5.41) is 0. The summed E-state index contributed by atoms with van der Waals surface area (Å²) in [5.74, 6) is 0. The van der Waals surface area contributed by atoms with E-state index < -0.39 is 0 Å². The lowest BCUT2D eigenvalue weighted by molar-refractivity contribution is 1.45. The lowest BCUT2D eigenvalue weighted by Gasteiger charge is -1.84. The van der Waals surface area contributed by atoms with Crippen LogP contribution in [0.3, 0.4) is 0 Å². The van der Waals surface area contributed by atoms with Gasteiger partial charge in [-0.3, -0.25) is 4.99 Å². The van der Waals surface area contributed by atoms with Gasteiger partial charge in [-0.25, -0.2) is 0 Å². The quantitative estimate of drug-likeness (QED) is 0.416. The highest BCUT2D eigenvalue weighted by atomic mass is 14.7. The fraction of sp³-hybridized carbons (Fsp3) is 0.222. The molecule has 0 aliphatic carbocycles. The molecule has 0 atom stereocenters. The van der Waals surface area contributed by atoms with E-state index in [1.807, 2.05) is 31.2 Å². The third kappa shape index (κ3) is 3.84. The highest BCUT2D eigenvalue weighted by Gasteiger charge is 1.77. The molecule has 0 rings (SSSR count). The minimum Gasteiger partial charge on any atom is -0.289 e. The first-order valence-corrected chi connectivity index (χ1v) is 3.23. The van der Waals surface area contributed by atoms with Crippen LogP contribution in [0.15, 0.2) is 42.0 Å². The molecule has 0 aliphatic heterocycles. The normalized spacial score (nSPS) is 13.2. The molecule has 0 aromatic heterocycles. The van der Waals surface area contributed by atoms with Gasteiger partial charge in [0.25, 0.3) is 0 Å². The van der Waals surface area contributed by atoms with Gasteiger partial charge in [0, 0.05) is 7.05 Å². The molecule has 0 aromatic carbocycles. The van der Waals surface area contributed by atoms with E-state index in [4.69, 9.17) is 0 Å². The Morgan fingerprint density at radius 1 is 1.40 bits per heavy atom. The number of aliphatic imine (C=N–C) groups is 1. The zero-order valence-electron chi connectivity index (χ0n) is 6.54. The highest BCUT2D eigenvalue weighted by molar-refractivity contribution is 6.03. The molecular formula is C9H13N. The van der Waals surface area contributed by atoms with Crippen molar-refractivity contribution in [1.82, 2.24) is 0 Å². The summed E-state index contributed by atoms with van der Waals surface area (Å²) < 4.78 is 0. The zero-order valence-corrected chi connectivity index (χ0v) is 6.54. The summed E-state index contributed by atoms with van der Waals surface area (Å²) >= 11 is 0. The minimum absolute atomic E-state index is 0.901. The summed E-state index contributed by atoms with van der Waals surface area (Å²) in [4.78, 5) is 3.96. The smallest absolute Gasteiger partial charge is 0.0564 e. The number of allylic oxidation sites excluding steroid dienone is 5. The minimum atomic E-state index is 0.901. The van der Waals surface area contributed by atoms with Crippen LogP contribution in [0.1, 0.15) is 6.92 Å². The molecule has 0 unspecified atom stereocenters. The molecule has 0 fully saturated rings. The van der Waals surface area contributed by atoms with Crippen molar-refractivity contribution in [3.05, 3.63) is 37.0 Å². The van der Waals surface area contributed by atoms with Crippen molar-refractivity contribution in [3.63, 3.8) is 0 Å². The number of nitrogens with zero attached hydrogens (tertiary/aromatic N) is 1. The fourth-order valence-corrected chi connectivity index (χ4v) is 0.499. The third-order valence-corrected chi connectivity index (χ3v) is 1.04. The van der Waals surface area contributed by atoms with Gasteiger partial charge in [0.15, 0.2) is 0 Å². The summed E-state index contributed by atoms with van der Waals surface area (Å²) in [6.45, 7) is 5.58. The standard InChI is InChI=1S/C9H13N/c1-4-6-7-8-9(5-2)10-3/h4-8H,2H2,1,3H3/b6-4+,8-7-,10-9?. The van der Waals surface area contributed by atoms with Crippen LogP contribution in [-0.2, 0) is 0 Å². The molecule has 0 aliphatic rings. The maximum atomic E-state index is 3.96. The van der Waals surface area contributed by atoms with E-state index in [9.17, 15) is 0 Å². The molecule has 1 heteroatoms. The zero-order chi connectivity index (χ0) is 7.82. The molecule has 0 saturated heterocycles. The fourth-order valence-electron chi connectivity index (χ4n) is 0.499. The molecule has 1 nitrogen and oxygen atoms in total. The van der Waals surface area contributed by atoms with Crippen molar-refractivity contribution in [3.8, 4) is 0 Å². The number of hydrogen-bond donors (Lipinski definition) is 0. The lowest BCUT2D eigenvalue weighted by atomic mass is 10.3. The van der Waals surface area contributed by atoms with Crippen molar-refractivity contribution in [2.75, 3.05) is 7.05 Å². The van der Waals surface area contributed by atoms with Gasteiger partial charge in [0.1, 0.15) is 0 Å². The van der Waals surface area contributed by atoms with Crippen LogP contribution in [0, 0.1) is 0 Å². The van der Waals surface area contributed by atoms with Gasteiger partial charge in [0.2, 0.25) is 0 Å². The molecule has 0 amide bonds. The summed E-state index contributed by atoms with van der Waals surface area (Å²) in [5.41, 5.74) is 0.901. The molecule has 0 spiro atoms. The lowest BCUT2D eigenvalue weighted by Crippen LogP contribution is -1.83. The third-order valence-electron chi connectivity index (χ3n) is 1.04. The SMILES string of the molecule is C=CC(/C=C\C=C\C)=NC. The molecule has 0 bridgehead atoms. The predicted octanol–water partition coefficient (Wildman–Crippen LogP) is 2.38. The molecule has 0 saturated carbocycles. The topological polar surface area (TPSA) is 12.4 Å². The van der Waals surface area contributed by atoms with Gasteiger partial charge in [0.05, 0.1) is 5.71 Å². The van der Waals surface area contributed by atoms with E-state index >= 15 is 0 Å². The number of rotatable bonds is 3. The maximum Gasteiger partial charge on any atom is 0.0564 e. The Labute approximate surface area is 62.5 Å². The van der Waals surface area contributed by atoms with Crippen molar-refractivity contribution in [2.24, 2.45) is 4.99 Å². The Bertz CT molecular complexity index is 173. The molecule has 10 heavy (non-hydrogen) atoms. The largest absolute Gasteiger partial charge is 0.289 e. The Hall–Kier alpha value is -1.11. The Kier molecular flexibility index (Phi) is 5.35. The first-order valence-electron chi connectivity index (χ1n) is 3.23. The average Bonchev–Trinajstić information content (AvgIpc) is 1.99. The summed E-state index contributed by atoms with van der Waals surface area (Å²) in [7, 11) is 1.75. The van der Waals surface area contributed by atoms with E-state index in [-0.39, 0.29) is 0 Å². The number of hydrogen-bond acceptors (Lipinski definition) is 1. The summed E-state index contributed by atoms with van der Waals surface area (Å²) in [6, 6.07) is 0. The monoisotopic (exact) mass is 135 g/mol. The Morgan fingerprint density at radius 3 is 2.50 bits per heavy atom. The molecule has 0 N–H and O–H groups in total. The average molecular weight is 135 g/mol. The molecular weight excluding hydrogens is 122 g/mol. The van der Waals surface area contributed by atoms with Crippen LogP contribution in [-0.4, -0.2) is 12.8 Å². The Morgan fingerprint density at radius 2 is 2.10 bits per heavy atom. The van der Waals surface area contributed by atoms with Crippen LogP contribution in [0.2, 0.25) is 0 Å². The predicted molar refractivity (Wildman–Crippen MR) is 47.5 cm³/mol. The molecule has 0 aromatic rings.